The van der Waals surface area contributed by atoms with Crippen molar-refractivity contribution < 1.29 is 75.8 Å². The molecule has 5 unspecified atom stereocenters. The molecule has 0 heterocycles. The molecule has 0 aliphatic rings. The summed E-state index contributed by atoms with van der Waals surface area (Å²) in [7, 11) is -9.83. The number of aliphatic hydroxyl groups excluding tert-OH is 2. The summed E-state index contributed by atoms with van der Waals surface area (Å²) in [5.41, 5.74) is 0. The Labute approximate surface area is 636 Å². The van der Waals surface area contributed by atoms with Crippen molar-refractivity contribution in [3.05, 3.63) is 182 Å². The molecule has 596 valence electrons. The van der Waals surface area contributed by atoms with Crippen molar-refractivity contribution >= 4 is 33.6 Å². The molecule has 0 radical (unpaired) electrons. The van der Waals surface area contributed by atoms with Crippen LogP contribution in [0.25, 0.3) is 0 Å². The van der Waals surface area contributed by atoms with Crippen molar-refractivity contribution in [3.8, 4) is 0 Å². The van der Waals surface area contributed by atoms with E-state index in [-0.39, 0.29) is 19.3 Å². The van der Waals surface area contributed by atoms with Crippen LogP contribution in [0.15, 0.2) is 182 Å². The summed E-state index contributed by atoms with van der Waals surface area (Å²) >= 11 is 0. The molecule has 0 aliphatic carbocycles. The summed E-state index contributed by atoms with van der Waals surface area (Å²) in [4.78, 5) is 58.8. The summed E-state index contributed by atoms with van der Waals surface area (Å²) in [6.45, 7) is 2.36. The van der Waals surface area contributed by atoms with Crippen LogP contribution in [0.5, 0.6) is 0 Å². The van der Waals surface area contributed by atoms with Gasteiger partial charge in [0.1, 0.15) is 25.4 Å². The molecule has 16 nitrogen and oxygen atoms in total. The molecule has 0 aliphatic heterocycles. The Kier molecular flexibility index (Phi) is 74.3. The van der Waals surface area contributed by atoms with Crippen molar-refractivity contribution in [2.75, 3.05) is 39.6 Å². The fourth-order valence-corrected chi connectivity index (χ4v) is 11.6. The molecule has 105 heavy (non-hydrogen) atoms. The number of hydrogen-bond donors (Lipinski definition) is 4. The molecule has 0 aromatic carbocycles. The third-order valence-corrected chi connectivity index (χ3v) is 18.0. The van der Waals surface area contributed by atoms with Crippen LogP contribution in [0.3, 0.4) is 0 Å². The Bertz CT molecular complexity index is 2640. The fraction of sp³-hybridized carbons (Fsp3) is 0.621. The van der Waals surface area contributed by atoms with E-state index in [4.69, 9.17) is 32.3 Å². The Morgan fingerprint density at radius 1 is 0.276 bits per heavy atom. The number of allylic oxidation sites excluding steroid dienone is 30. The van der Waals surface area contributed by atoms with Crippen LogP contribution in [0.4, 0.5) is 0 Å². The molecule has 0 amide bonds. The summed E-state index contributed by atoms with van der Waals surface area (Å²) in [6, 6.07) is 0. The highest BCUT2D eigenvalue weighted by molar-refractivity contribution is 7.47. The van der Waals surface area contributed by atoms with Crippen molar-refractivity contribution in [1.82, 2.24) is 0 Å². The van der Waals surface area contributed by atoms with E-state index >= 15 is 0 Å². The first-order chi connectivity index (χ1) is 51.2. The molecule has 5 atom stereocenters. The van der Waals surface area contributed by atoms with Crippen LogP contribution in [0.2, 0.25) is 0 Å². The van der Waals surface area contributed by atoms with Crippen molar-refractivity contribution in [2.45, 2.75) is 309 Å². The average Bonchev–Trinajstić information content (AvgIpc) is 0.962. The van der Waals surface area contributed by atoms with E-state index in [1.165, 1.54) is 25.7 Å². The topological polar surface area (TPSA) is 231 Å². The number of phosphoric acid groups is 2. The smallest absolute Gasteiger partial charge is 0.463 e. The standard InChI is InChI=1S/C87H142O16P2/c1-4-7-10-13-16-19-22-25-28-31-34-37-40-43-46-49-52-55-58-61-64-67-70-73-85(90)97-76-82(88)77-99-104(93,94)100-78-83(89)79-101-105(95,96)102-81-84(103-87(92)75-72-69-66-63-60-57-54-51-48-45-42-39-36-33-30-27-24-21-18-15-12-9-6-3)80-98-86(91)74-71-68-65-62-59-56-53-50-47-44-41-38-35-32-29-26-23-20-17-14-11-8-5-2/h7-8,10-11,16-21,25-30,34-39,43-48,52,55,82-84,88-89H,4-6,9,12-15,22-24,31-33,40-42,49-51,53-54,56-81H2,1-3H3,(H,93,94)(H,95,96)/b10-7-,11-8-,19-16-,20-17-,21-18-,28-25-,29-26-,30-27-,37-34-,38-35-,39-36-,46-43-,47-44-,48-45-,55-52-. The lowest BCUT2D eigenvalue weighted by Crippen LogP contribution is -2.30. The molecule has 0 fully saturated rings. The lowest BCUT2D eigenvalue weighted by Gasteiger charge is -2.21. The number of rotatable bonds is 74. The minimum atomic E-state index is -4.95. The number of aliphatic hydroxyl groups is 2. The fourth-order valence-electron chi connectivity index (χ4n) is 10.1. The van der Waals surface area contributed by atoms with Gasteiger partial charge in [-0.15, -0.1) is 0 Å². The lowest BCUT2D eigenvalue weighted by atomic mass is 10.1. The normalized spacial score (nSPS) is 14.9. The van der Waals surface area contributed by atoms with E-state index in [0.29, 0.717) is 19.3 Å². The second-order valence-corrected chi connectivity index (χ2v) is 29.0. The largest absolute Gasteiger partial charge is 0.472 e. The van der Waals surface area contributed by atoms with Gasteiger partial charge in [-0.25, -0.2) is 9.13 Å². The van der Waals surface area contributed by atoms with Crippen LogP contribution < -0.4 is 0 Å². The van der Waals surface area contributed by atoms with E-state index in [9.17, 15) is 43.5 Å². The predicted molar refractivity (Wildman–Crippen MR) is 435 cm³/mol. The first-order valence-corrected chi connectivity index (χ1v) is 43.1. The molecular formula is C87H142O16P2. The molecule has 0 spiro atoms. The van der Waals surface area contributed by atoms with E-state index in [1.54, 1.807) is 0 Å². The van der Waals surface area contributed by atoms with Crippen molar-refractivity contribution in [2.24, 2.45) is 0 Å². The second-order valence-electron chi connectivity index (χ2n) is 26.1. The van der Waals surface area contributed by atoms with Crippen LogP contribution in [0.1, 0.15) is 290 Å². The number of esters is 3. The third kappa shape index (κ3) is 79.5. The first kappa shape index (κ1) is 99.7. The summed E-state index contributed by atoms with van der Waals surface area (Å²) in [5.74, 6) is -1.63. The van der Waals surface area contributed by atoms with Crippen molar-refractivity contribution in [1.29, 1.82) is 0 Å². The Morgan fingerprint density at radius 3 is 0.800 bits per heavy atom. The number of phosphoric ester groups is 2. The molecule has 4 N–H and O–H groups in total. The predicted octanol–water partition coefficient (Wildman–Crippen LogP) is 23.8. The van der Waals surface area contributed by atoms with Gasteiger partial charge in [0, 0.05) is 19.3 Å². The van der Waals surface area contributed by atoms with E-state index in [1.807, 2.05) is 0 Å². The maximum absolute atomic E-state index is 13.0. The zero-order chi connectivity index (χ0) is 76.6. The highest BCUT2D eigenvalue weighted by atomic mass is 31.2. The number of carbonyl (C=O) groups is 3. The number of unbranched alkanes of at least 4 members (excludes halogenated alkanes) is 21. The maximum Gasteiger partial charge on any atom is 0.472 e. The molecule has 0 aromatic rings. The van der Waals surface area contributed by atoms with Gasteiger partial charge in [0.15, 0.2) is 6.10 Å². The molecular weight excluding hydrogens is 1360 g/mol. The van der Waals surface area contributed by atoms with Gasteiger partial charge in [-0.2, -0.15) is 0 Å². The van der Waals surface area contributed by atoms with Gasteiger partial charge in [0.05, 0.1) is 26.4 Å². The minimum Gasteiger partial charge on any atom is -0.463 e. The molecule has 18 heteroatoms. The van der Waals surface area contributed by atoms with Gasteiger partial charge < -0.3 is 34.2 Å². The van der Waals surface area contributed by atoms with E-state index in [0.717, 1.165) is 205 Å². The zero-order valence-corrected chi connectivity index (χ0v) is 66.9. The summed E-state index contributed by atoms with van der Waals surface area (Å²) in [5, 5.41) is 20.6. The summed E-state index contributed by atoms with van der Waals surface area (Å²) < 4.78 is 61.2. The van der Waals surface area contributed by atoms with Gasteiger partial charge in [-0.3, -0.25) is 32.5 Å². The maximum atomic E-state index is 13.0. The van der Waals surface area contributed by atoms with Crippen LogP contribution >= 0.6 is 15.6 Å². The zero-order valence-electron chi connectivity index (χ0n) is 65.1. The average molecular weight is 1510 g/mol. The van der Waals surface area contributed by atoms with Gasteiger partial charge >= 0.3 is 33.6 Å². The number of ether oxygens (including phenoxy) is 3. The molecule has 0 saturated heterocycles. The number of carbonyl (C=O) groups excluding carboxylic acids is 3. The lowest BCUT2D eigenvalue weighted by molar-refractivity contribution is -0.161. The molecule has 0 bridgehead atoms. The van der Waals surface area contributed by atoms with Crippen LogP contribution in [-0.4, -0.2) is 95.9 Å². The highest BCUT2D eigenvalue weighted by Gasteiger charge is 2.29. The van der Waals surface area contributed by atoms with Crippen LogP contribution in [0, 0.1) is 0 Å². The van der Waals surface area contributed by atoms with Gasteiger partial charge in [-0.1, -0.05) is 293 Å². The first-order valence-electron chi connectivity index (χ1n) is 40.1. The van der Waals surface area contributed by atoms with E-state index < -0.39 is 91.5 Å². The third-order valence-electron chi connectivity index (χ3n) is 16.1. The summed E-state index contributed by atoms with van der Waals surface area (Å²) in [6.07, 6.45) is 101. The SMILES string of the molecule is CC/C=C\C/C=C\C/C=C\C/C=C\C/C=C\C/C=C\CCCCCCC(=O)OCC(O)COP(=O)(O)OCC(O)COP(=O)(O)OCC(COC(=O)CCCCCCCCC/C=C\C/C=C\C/C=C\C/C=C\C/C=C\CC)OC(=O)CCCCCCCCC/C=C\C/C=C\C/C=C\C/C=C\CCCCC. The van der Waals surface area contributed by atoms with Gasteiger partial charge in [-0.05, 0) is 161 Å². The highest BCUT2D eigenvalue weighted by Crippen LogP contribution is 2.45. The van der Waals surface area contributed by atoms with Gasteiger partial charge in [0.25, 0.3) is 0 Å². The monoisotopic (exact) mass is 1500 g/mol. The Morgan fingerprint density at radius 2 is 0.505 bits per heavy atom. The number of hydrogen-bond acceptors (Lipinski definition) is 14. The second kappa shape index (κ2) is 78.2. The van der Waals surface area contributed by atoms with E-state index in [2.05, 4.69) is 203 Å². The molecule has 0 saturated carbocycles. The van der Waals surface area contributed by atoms with Gasteiger partial charge in [0.2, 0.25) is 0 Å². The van der Waals surface area contributed by atoms with Crippen molar-refractivity contribution in [3.63, 3.8) is 0 Å². The minimum absolute atomic E-state index is 0.0817. The molecule has 0 aromatic heterocycles. The van der Waals surface area contributed by atoms with Crippen LogP contribution in [-0.2, 0) is 55.8 Å². The quantitative estimate of drug-likeness (QED) is 0.0146. The Balaban J connectivity index is 4.79. The Hall–Kier alpha value is -5.35. The molecule has 0 rings (SSSR count).